The molecule has 1 aliphatic heterocycles. The monoisotopic (exact) mass is 370 g/mol. The molecule has 3 rings (SSSR count). The molecule has 1 heterocycles. The number of nitrogens with zero attached hydrogens (tertiary/aromatic N) is 2. The average Bonchev–Trinajstić information content (AvgIpc) is 2.69. The van der Waals surface area contributed by atoms with Gasteiger partial charge in [-0.15, -0.1) is 0 Å². The van der Waals surface area contributed by atoms with E-state index >= 15 is 0 Å². The maximum Gasteiger partial charge on any atom is 0.260 e. The van der Waals surface area contributed by atoms with Gasteiger partial charge in [0.15, 0.2) is 6.61 Å². The fourth-order valence-corrected chi connectivity index (χ4v) is 2.96. The van der Waals surface area contributed by atoms with Crippen molar-refractivity contribution in [1.82, 2.24) is 9.80 Å². The van der Waals surface area contributed by atoms with Crippen molar-refractivity contribution in [3.63, 3.8) is 0 Å². The fraction of sp³-hybridized carbons (Fsp3) is 0.333. The third kappa shape index (κ3) is 5.29. The van der Waals surface area contributed by atoms with Gasteiger partial charge < -0.3 is 14.5 Å². The number of carbonyl (C=O) groups excluding carboxylic acids is 2. The van der Waals surface area contributed by atoms with Crippen molar-refractivity contribution in [3.8, 4) is 5.75 Å². The Morgan fingerprint density at radius 2 is 1.44 bits per heavy atom. The van der Waals surface area contributed by atoms with Gasteiger partial charge in [0.05, 0.1) is 6.42 Å². The highest BCUT2D eigenvalue weighted by Gasteiger charge is 2.24. The van der Waals surface area contributed by atoms with E-state index in [1.807, 2.05) is 31.2 Å². The second-order valence-corrected chi connectivity index (χ2v) is 6.67. The molecule has 5 nitrogen and oxygen atoms in total. The van der Waals surface area contributed by atoms with Crippen LogP contribution in [0.15, 0.2) is 48.5 Å². The van der Waals surface area contributed by atoms with Crippen molar-refractivity contribution < 1.29 is 18.7 Å². The smallest absolute Gasteiger partial charge is 0.260 e. The van der Waals surface area contributed by atoms with Crippen LogP contribution in [0.2, 0.25) is 0 Å². The van der Waals surface area contributed by atoms with Crippen molar-refractivity contribution in [2.45, 2.75) is 13.3 Å². The third-order valence-corrected chi connectivity index (χ3v) is 4.64. The maximum absolute atomic E-state index is 12.9. The van der Waals surface area contributed by atoms with Gasteiger partial charge in [-0.2, -0.15) is 0 Å². The number of rotatable bonds is 5. The zero-order valence-electron chi connectivity index (χ0n) is 15.4. The van der Waals surface area contributed by atoms with Crippen LogP contribution < -0.4 is 4.74 Å². The Bertz CT molecular complexity index is 782. The van der Waals surface area contributed by atoms with Crippen molar-refractivity contribution in [2.24, 2.45) is 0 Å². The minimum Gasteiger partial charge on any atom is -0.484 e. The lowest BCUT2D eigenvalue weighted by Crippen LogP contribution is -2.52. The van der Waals surface area contributed by atoms with Gasteiger partial charge in [-0.25, -0.2) is 4.39 Å². The number of amides is 2. The van der Waals surface area contributed by atoms with Crippen molar-refractivity contribution in [3.05, 3.63) is 65.5 Å². The molecule has 0 radical (unpaired) electrons. The molecule has 0 saturated carbocycles. The number of hydrogen-bond donors (Lipinski definition) is 0. The highest BCUT2D eigenvalue weighted by Crippen LogP contribution is 2.12. The summed E-state index contributed by atoms with van der Waals surface area (Å²) >= 11 is 0. The minimum atomic E-state index is -0.314. The molecule has 0 unspecified atom stereocenters. The van der Waals surface area contributed by atoms with E-state index in [-0.39, 0.29) is 30.7 Å². The standard InChI is InChI=1S/C21H23FN2O3/c1-16-2-8-19(9-3-16)27-15-21(26)24-12-10-23(11-13-24)20(25)14-17-4-6-18(22)7-5-17/h2-9H,10-15H2,1H3. The molecule has 2 aromatic carbocycles. The molecular weight excluding hydrogens is 347 g/mol. The van der Waals surface area contributed by atoms with E-state index in [1.165, 1.54) is 12.1 Å². The summed E-state index contributed by atoms with van der Waals surface area (Å²) in [6, 6.07) is 13.5. The van der Waals surface area contributed by atoms with E-state index < -0.39 is 0 Å². The van der Waals surface area contributed by atoms with E-state index in [2.05, 4.69) is 0 Å². The molecule has 27 heavy (non-hydrogen) atoms. The van der Waals surface area contributed by atoms with Gasteiger partial charge in [-0.05, 0) is 36.8 Å². The normalized spacial score (nSPS) is 14.1. The Labute approximate surface area is 158 Å². The highest BCUT2D eigenvalue weighted by atomic mass is 19.1. The summed E-state index contributed by atoms with van der Waals surface area (Å²) in [6.07, 6.45) is 0.241. The van der Waals surface area contributed by atoms with E-state index in [1.54, 1.807) is 21.9 Å². The number of ether oxygens (including phenoxy) is 1. The minimum absolute atomic E-state index is 0.00735. The number of aryl methyl sites for hydroxylation is 1. The molecule has 142 valence electrons. The first-order valence-electron chi connectivity index (χ1n) is 9.01. The van der Waals surface area contributed by atoms with Gasteiger partial charge >= 0.3 is 0 Å². The number of piperazine rings is 1. The molecule has 6 heteroatoms. The van der Waals surface area contributed by atoms with E-state index in [4.69, 9.17) is 4.74 Å². The molecule has 0 aromatic heterocycles. The second kappa shape index (κ2) is 8.66. The first-order chi connectivity index (χ1) is 13.0. The van der Waals surface area contributed by atoms with Gasteiger partial charge in [0.25, 0.3) is 5.91 Å². The van der Waals surface area contributed by atoms with Gasteiger partial charge in [0, 0.05) is 26.2 Å². The summed E-state index contributed by atoms with van der Waals surface area (Å²) in [7, 11) is 0. The molecule has 0 N–H and O–H groups in total. The Kier molecular flexibility index (Phi) is 6.06. The maximum atomic E-state index is 12.9. The predicted octanol–water partition coefficient (Wildman–Crippen LogP) is 2.43. The highest BCUT2D eigenvalue weighted by molar-refractivity contribution is 5.80. The average molecular weight is 370 g/mol. The SMILES string of the molecule is Cc1ccc(OCC(=O)N2CCN(C(=O)Cc3ccc(F)cc3)CC2)cc1. The summed E-state index contributed by atoms with van der Waals surface area (Å²) in [5.74, 6) is 0.263. The Morgan fingerprint density at radius 1 is 0.889 bits per heavy atom. The quantitative estimate of drug-likeness (QED) is 0.812. The van der Waals surface area contributed by atoms with E-state index in [0.29, 0.717) is 31.9 Å². The number of hydrogen-bond acceptors (Lipinski definition) is 3. The number of benzene rings is 2. The zero-order valence-corrected chi connectivity index (χ0v) is 15.4. The molecule has 2 aromatic rings. The van der Waals surface area contributed by atoms with Crippen LogP contribution in [-0.2, 0) is 16.0 Å². The molecule has 1 aliphatic rings. The van der Waals surface area contributed by atoms with Crippen molar-refractivity contribution >= 4 is 11.8 Å². The van der Waals surface area contributed by atoms with Crippen LogP contribution in [0.1, 0.15) is 11.1 Å². The molecule has 1 fully saturated rings. The van der Waals surface area contributed by atoms with Crippen LogP contribution in [0.5, 0.6) is 5.75 Å². The predicted molar refractivity (Wildman–Crippen MR) is 99.9 cm³/mol. The van der Waals surface area contributed by atoms with Crippen LogP contribution in [0.3, 0.4) is 0 Å². The van der Waals surface area contributed by atoms with Gasteiger partial charge in [-0.1, -0.05) is 29.8 Å². The van der Waals surface area contributed by atoms with Gasteiger partial charge in [-0.3, -0.25) is 9.59 Å². The van der Waals surface area contributed by atoms with Crippen molar-refractivity contribution in [1.29, 1.82) is 0 Å². The van der Waals surface area contributed by atoms with Crippen LogP contribution in [0.25, 0.3) is 0 Å². The lowest BCUT2D eigenvalue weighted by atomic mass is 10.1. The van der Waals surface area contributed by atoms with Crippen LogP contribution in [0.4, 0.5) is 4.39 Å². The lowest BCUT2D eigenvalue weighted by Gasteiger charge is -2.34. The van der Waals surface area contributed by atoms with Crippen LogP contribution >= 0.6 is 0 Å². The Balaban J connectivity index is 1.43. The number of carbonyl (C=O) groups is 2. The molecule has 0 spiro atoms. The number of halogens is 1. The molecule has 1 saturated heterocycles. The van der Waals surface area contributed by atoms with Crippen molar-refractivity contribution in [2.75, 3.05) is 32.8 Å². The molecule has 0 bridgehead atoms. The molecule has 2 amide bonds. The fourth-order valence-electron chi connectivity index (χ4n) is 2.96. The summed E-state index contributed by atoms with van der Waals surface area (Å²) in [6.45, 7) is 3.96. The zero-order chi connectivity index (χ0) is 19.2. The van der Waals surface area contributed by atoms with Gasteiger partial charge in [0.2, 0.25) is 5.91 Å². The van der Waals surface area contributed by atoms with Crippen LogP contribution in [-0.4, -0.2) is 54.4 Å². The Morgan fingerprint density at radius 3 is 2.04 bits per heavy atom. The third-order valence-electron chi connectivity index (χ3n) is 4.64. The Hall–Kier alpha value is -2.89. The summed E-state index contributed by atoms with van der Waals surface area (Å²) in [5, 5.41) is 0. The molecular formula is C21H23FN2O3. The van der Waals surface area contributed by atoms with E-state index in [9.17, 15) is 14.0 Å². The lowest BCUT2D eigenvalue weighted by molar-refractivity contribution is -0.140. The van der Waals surface area contributed by atoms with E-state index in [0.717, 1.165) is 11.1 Å². The topological polar surface area (TPSA) is 49.9 Å². The van der Waals surface area contributed by atoms with Crippen LogP contribution in [0, 0.1) is 12.7 Å². The summed E-state index contributed by atoms with van der Waals surface area (Å²) in [5.41, 5.74) is 1.92. The molecule has 0 atom stereocenters. The first kappa shape index (κ1) is 18.9. The first-order valence-corrected chi connectivity index (χ1v) is 9.01. The summed E-state index contributed by atoms with van der Waals surface area (Å²) < 4.78 is 18.5. The largest absolute Gasteiger partial charge is 0.484 e. The second-order valence-electron chi connectivity index (χ2n) is 6.67. The summed E-state index contributed by atoms with van der Waals surface area (Å²) in [4.78, 5) is 28.1. The van der Waals surface area contributed by atoms with Gasteiger partial charge in [0.1, 0.15) is 11.6 Å². The molecule has 0 aliphatic carbocycles.